The lowest BCUT2D eigenvalue weighted by Gasteiger charge is -2.36. The van der Waals surface area contributed by atoms with Crippen molar-refractivity contribution in [3.8, 4) is 11.3 Å². The Kier molecular flexibility index (Phi) is 2.98. The van der Waals surface area contributed by atoms with Crippen LogP contribution in [0.25, 0.3) is 11.3 Å². The molecule has 132 valence electrons. The SMILES string of the molecule is CC1(C)[C@H]2CC[C@]1(c1ncc[nH]1)c1nnc(-c3c(F)cccc3F)cc12. The summed E-state index contributed by atoms with van der Waals surface area (Å²) in [4.78, 5) is 7.79. The average Bonchev–Trinajstić information content (AvgIpc) is 3.26. The van der Waals surface area contributed by atoms with Gasteiger partial charge in [0.15, 0.2) is 0 Å². The number of imidazole rings is 1. The number of nitrogens with zero attached hydrogens (tertiary/aromatic N) is 3. The van der Waals surface area contributed by atoms with Crippen LogP contribution in [0.1, 0.15) is 49.7 Å². The van der Waals surface area contributed by atoms with Crippen molar-refractivity contribution in [1.82, 2.24) is 20.2 Å². The lowest BCUT2D eigenvalue weighted by molar-refractivity contribution is 0.238. The van der Waals surface area contributed by atoms with Gasteiger partial charge in [0.2, 0.25) is 0 Å². The third-order valence-corrected chi connectivity index (χ3v) is 6.50. The van der Waals surface area contributed by atoms with E-state index in [0.717, 1.165) is 29.9 Å². The van der Waals surface area contributed by atoms with Crippen molar-refractivity contribution in [1.29, 1.82) is 0 Å². The second kappa shape index (κ2) is 4.96. The van der Waals surface area contributed by atoms with E-state index >= 15 is 0 Å². The van der Waals surface area contributed by atoms with Crippen molar-refractivity contribution in [2.45, 2.75) is 38.0 Å². The smallest absolute Gasteiger partial charge is 0.135 e. The minimum absolute atomic E-state index is 0.103. The molecule has 1 N–H and O–H groups in total. The minimum atomic E-state index is -0.623. The van der Waals surface area contributed by atoms with E-state index in [4.69, 9.17) is 0 Å². The van der Waals surface area contributed by atoms with Crippen LogP contribution < -0.4 is 0 Å². The van der Waals surface area contributed by atoms with Crippen LogP contribution in [0.5, 0.6) is 0 Å². The summed E-state index contributed by atoms with van der Waals surface area (Å²) < 4.78 is 28.4. The van der Waals surface area contributed by atoms with Crippen LogP contribution in [0, 0.1) is 17.0 Å². The standard InChI is InChI=1S/C20H18F2N4/c1-19(2)12-6-7-20(19,18-23-8-9-24-18)17-11(12)10-15(25-26-17)16-13(21)4-3-5-14(16)22/h3-5,8-10,12H,6-7H2,1-2H3,(H,23,24)/t12-,20+/m0/s1. The van der Waals surface area contributed by atoms with E-state index in [2.05, 4.69) is 34.0 Å². The highest BCUT2D eigenvalue weighted by atomic mass is 19.1. The zero-order valence-electron chi connectivity index (χ0n) is 14.6. The largest absolute Gasteiger partial charge is 0.348 e. The molecule has 2 aliphatic carbocycles. The van der Waals surface area contributed by atoms with Gasteiger partial charge in [-0.3, -0.25) is 0 Å². The lowest BCUT2D eigenvalue weighted by atomic mass is 9.68. The molecule has 0 unspecified atom stereocenters. The van der Waals surface area contributed by atoms with E-state index in [-0.39, 0.29) is 28.0 Å². The highest BCUT2D eigenvalue weighted by Gasteiger charge is 2.65. The molecule has 2 heterocycles. The van der Waals surface area contributed by atoms with Gasteiger partial charge in [0, 0.05) is 12.4 Å². The number of hydrogen-bond acceptors (Lipinski definition) is 3. The number of nitrogens with one attached hydrogen (secondary N) is 1. The summed E-state index contributed by atoms with van der Waals surface area (Å²) in [5, 5.41) is 8.69. The summed E-state index contributed by atoms with van der Waals surface area (Å²) >= 11 is 0. The fourth-order valence-corrected chi connectivity index (χ4v) is 5.21. The molecule has 5 rings (SSSR count). The Morgan fingerprint density at radius 2 is 1.92 bits per heavy atom. The Hall–Kier alpha value is -2.63. The van der Waals surface area contributed by atoms with Crippen molar-refractivity contribution in [2.24, 2.45) is 5.41 Å². The number of aromatic nitrogens is 4. The molecule has 2 atom stereocenters. The molecule has 0 amide bonds. The van der Waals surface area contributed by atoms with E-state index in [1.807, 2.05) is 12.3 Å². The molecule has 0 radical (unpaired) electrons. The molecule has 4 nitrogen and oxygen atoms in total. The predicted molar refractivity (Wildman–Crippen MR) is 92.5 cm³/mol. The van der Waals surface area contributed by atoms with Gasteiger partial charge in [-0.1, -0.05) is 19.9 Å². The zero-order valence-corrected chi connectivity index (χ0v) is 14.6. The maximum absolute atomic E-state index is 14.2. The number of halogens is 2. The molecule has 1 aromatic carbocycles. The van der Waals surface area contributed by atoms with E-state index in [9.17, 15) is 8.78 Å². The first-order valence-corrected chi connectivity index (χ1v) is 8.79. The van der Waals surface area contributed by atoms with E-state index in [1.54, 1.807) is 6.20 Å². The molecule has 0 saturated heterocycles. The fourth-order valence-electron chi connectivity index (χ4n) is 5.21. The van der Waals surface area contributed by atoms with Crippen LogP contribution in [-0.2, 0) is 5.41 Å². The quantitative estimate of drug-likeness (QED) is 0.746. The summed E-state index contributed by atoms with van der Waals surface area (Å²) in [6.45, 7) is 4.44. The molecule has 1 saturated carbocycles. The Balaban J connectivity index is 1.74. The van der Waals surface area contributed by atoms with Crippen LogP contribution in [0.15, 0.2) is 36.7 Å². The van der Waals surface area contributed by atoms with E-state index in [1.165, 1.54) is 18.2 Å². The number of aromatic amines is 1. The van der Waals surface area contributed by atoms with Crippen LogP contribution in [0.2, 0.25) is 0 Å². The number of H-pyrrole nitrogens is 1. The third kappa shape index (κ3) is 1.69. The molecule has 2 aromatic heterocycles. The average molecular weight is 352 g/mol. The van der Waals surface area contributed by atoms with Gasteiger partial charge in [-0.05, 0) is 47.9 Å². The molecule has 0 aliphatic heterocycles. The first kappa shape index (κ1) is 15.6. The molecule has 2 aliphatic rings. The Morgan fingerprint density at radius 3 is 2.62 bits per heavy atom. The Bertz CT molecular complexity index is 992. The molecule has 3 aromatic rings. The number of rotatable bonds is 2. The third-order valence-electron chi connectivity index (χ3n) is 6.50. The molecular formula is C20H18F2N4. The van der Waals surface area contributed by atoms with Gasteiger partial charge in [-0.25, -0.2) is 13.8 Å². The summed E-state index contributed by atoms with van der Waals surface area (Å²) in [7, 11) is 0. The summed E-state index contributed by atoms with van der Waals surface area (Å²) in [5.41, 5.74) is 1.61. The first-order chi connectivity index (χ1) is 12.5. The molecule has 2 bridgehead atoms. The zero-order chi connectivity index (χ0) is 18.1. The summed E-state index contributed by atoms with van der Waals surface area (Å²) in [5.74, 6) is -0.0978. The Labute approximate surface area is 149 Å². The summed E-state index contributed by atoms with van der Waals surface area (Å²) in [6, 6.07) is 5.66. The topological polar surface area (TPSA) is 54.5 Å². The van der Waals surface area contributed by atoms with Crippen molar-refractivity contribution in [2.75, 3.05) is 0 Å². The number of hydrogen-bond donors (Lipinski definition) is 1. The predicted octanol–water partition coefficient (Wildman–Crippen LogP) is 4.35. The maximum atomic E-state index is 14.2. The lowest BCUT2D eigenvalue weighted by Crippen LogP contribution is -2.38. The highest BCUT2D eigenvalue weighted by molar-refractivity contribution is 5.63. The fraction of sp³-hybridized carbons (Fsp3) is 0.350. The van der Waals surface area contributed by atoms with E-state index in [0.29, 0.717) is 0 Å². The van der Waals surface area contributed by atoms with Crippen LogP contribution in [-0.4, -0.2) is 20.2 Å². The monoisotopic (exact) mass is 352 g/mol. The Morgan fingerprint density at radius 1 is 1.15 bits per heavy atom. The number of fused-ring (bicyclic) bond motifs is 5. The van der Waals surface area contributed by atoms with Crippen LogP contribution >= 0.6 is 0 Å². The van der Waals surface area contributed by atoms with Crippen LogP contribution in [0.3, 0.4) is 0 Å². The van der Waals surface area contributed by atoms with Gasteiger partial charge in [0.25, 0.3) is 0 Å². The molecular weight excluding hydrogens is 334 g/mol. The molecule has 6 heteroatoms. The van der Waals surface area contributed by atoms with Crippen molar-refractivity contribution in [3.05, 3.63) is 65.4 Å². The normalized spacial score (nSPS) is 25.5. The molecule has 1 fully saturated rings. The second-order valence-electron chi connectivity index (χ2n) is 7.79. The summed E-state index contributed by atoms with van der Waals surface area (Å²) in [6.07, 6.45) is 5.50. The van der Waals surface area contributed by atoms with Gasteiger partial charge >= 0.3 is 0 Å². The van der Waals surface area contributed by atoms with Crippen molar-refractivity contribution in [3.63, 3.8) is 0 Å². The highest BCUT2D eigenvalue weighted by Crippen LogP contribution is 2.69. The van der Waals surface area contributed by atoms with Gasteiger partial charge < -0.3 is 4.98 Å². The minimum Gasteiger partial charge on any atom is -0.348 e. The van der Waals surface area contributed by atoms with Gasteiger partial charge in [0.05, 0.1) is 22.4 Å². The maximum Gasteiger partial charge on any atom is 0.135 e. The van der Waals surface area contributed by atoms with Gasteiger partial charge in [-0.2, -0.15) is 5.10 Å². The van der Waals surface area contributed by atoms with Crippen molar-refractivity contribution < 1.29 is 8.78 Å². The number of benzene rings is 1. The second-order valence-corrected chi connectivity index (χ2v) is 7.79. The van der Waals surface area contributed by atoms with Crippen LogP contribution in [0.4, 0.5) is 8.78 Å². The van der Waals surface area contributed by atoms with Gasteiger partial charge in [0.1, 0.15) is 17.5 Å². The van der Waals surface area contributed by atoms with Gasteiger partial charge in [-0.15, -0.1) is 5.10 Å². The first-order valence-electron chi connectivity index (χ1n) is 8.79. The van der Waals surface area contributed by atoms with Crippen molar-refractivity contribution >= 4 is 0 Å². The van der Waals surface area contributed by atoms with E-state index < -0.39 is 11.6 Å². The molecule has 26 heavy (non-hydrogen) atoms. The molecule has 0 spiro atoms.